The number of hydrogen-bond donors (Lipinski definition) is 2. The summed E-state index contributed by atoms with van der Waals surface area (Å²) in [6, 6.07) is 11.6. The van der Waals surface area contributed by atoms with Crippen molar-refractivity contribution in [2.75, 3.05) is 18.4 Å². The smallest absolute Gasteiger partial charge is 0.254 e. The van der Waals surface area contributed by atoms with Crippen LogP contribution in [0, 0.1) is 6.92 Å². The minimum atomic E-state index is -0.0599. The molecule has 9 heteroatoms. The molecular weight excluding hydrogens is 430 g/mol. The van der Waals surface area contributed by atoms with E-state index in [-0.39, 0.29) is 17.9 Å². The Morgan fingerprint density at radius 1 is 1.23 bits per heavy atom. The van der Waals surface area contributed by atoms with Crippen LogP contribution in [-0.4, -0.2) is 45.8 Å². The lowest BCUT2D eigenvalue weighted by Gasteiger charge is -2.18. The molecule has 1 aliphatic heterocycles. The van der Waals surface area contributed by atoms with E-state index in [0.29, 0.717) is 18.7 Å². The van der Waals surface area contributed by atoms with Gasteiger partial charge in [-0.25, -0.2) is 9.97 Å². The number of nitrogens with zero attached hydrogens (tertiary/aromatic N) is 3. The lowest BCUT2D eigenvalue weighted by Crippen LogP contribution is -2.37. The Morgan fingerprint density at radius 3 is 2.87 bits per heavy atom. The monoisotopic (exact) mass is 453 g/mol. The number of rotatable bonds is 6. The van der Waals surface area contributed by atoms with E-state index in [9.17, 15) is 9.59 Å². The van der Waals surface area contributed by atoms with Crippen molar-refractivity contribution in [3.63, 3.8) is 0 Å². The van der Waals surface area contributed by atoms with E-state index in [4.69, 9.17) is 0 Å². The van der Waals surface area contributed by atoms with Crippen LogP contribution in [0.25, 0.3) is 0 Å². The van der Waals surface area contributed by atoms with Gasteiger partial charge in [0, 0.05) is 42.7 Å². The number of amides is 2. The molecule has 1 unspecified atom stereocenters. The highest BCUT2D eigenvalue weighted by Gasteiger charge is 2.28. The quantitative estimate of drug-likeness (QED) is 0.585. The van der Waals surface area contributed by atoms with Gasteiger partial charge in [0.05, 0.1) is 10.4 Å². The Hall–Kier alpha value is -2.91. The van der Waals surface area contributed by atoms with Gasteiger partial charge in [0.2, 0.25) is 5.91 Å². The number of pyridine rings is 1. The van der Waals surface area contributed by atoms with Crippen molar-refractivity contribution in [2.24, 2.45) is 0 Å². The van der Waals surface area contributed by atoms with Gasteiger partial charge in [-0.3, -0.25) is 9.59 Å². The van der Waals surface area contributed by atoms with Crippen molar-refractivity contribution in [2.45, 2.75) is 35.4 Å². The summed E-state index contributed by atoms with van der Waals surface area (Å²) in [5.41, 5.74) is 1.64. The maximum absolute atomic E-state index is 13.1. The lowest BCUT2D eigenvalue weighted by molar-refractivity contribution is -0.119. The minimum Gasteiger partial charge on any atom is -0.352 e. The molecule has 2 aromatic heterocycles. The molecule has 1 aliphatic rings. The van der Waals surface area contributed by atoms with Crippen LogP contribution in [-0.2, 0) is 4.79 Å². The fraction of sp³-hybridized carbons (Fsp3) is 0.273. The van der Waals surface area contributed by atoms with Crippen molar-refractivity contribution in [3.05, 3.63) is 59.9 Å². The number of nitrogens with one attached hydrogen (secondary N) is 2. The van der Waals surface area contributed by atoms with Crippen molar-refractivity contribution in [1.29, 1.82) is 0 Å². The summed E-state index contributed by atoms with van der Waals surface area (Å²) >= 11 is 3.12. The maximum atomic E-state index is 13.1. The average Bonchev–Trinajstić information content (AvgIpc) is 3.39. The maximum Gasteiger partial charge on any atom is 0.254 e. The van der Waals surface area contributed by atoms with E-state index >= 15 is 0 Å². The van der Waals surface area contributed by atoms with Gasteiger partial charge >= 0.3 is 0 Å². The van der Waals surface area contributed by atoms with Crippen LogP contribution >= 0.6 is 23.1 Å². The second-order valence-electron chi connectivity index (χ2n) is 7.34. The van der Waals surface area contributed by atoms with E-state index in [1.807, 2.05) is 54.4 Å². The minimum absolute atomic E-state index is 0.00890. The number of carbonyl (C=O) groups is 2. The number of aryl methyl sites for hydroxylation is 1. The Kier molecular flexibility index (Phi) is 6.53. The Bertz CT molecular complexity index is 1090. The van der Waals surface area contributed by atoms with Gasteiger partial charge < -0.3 is 15.5 Å². The van der Waals surface area contributed by atoms with Gasteiger partial charge in [-0.2, -0.15) is 0 Å². The number of hydrogen-bond acceptors (Lipinski definition) is 7. The second-order valence-corrected chi connectivity index (χ2v) is 9.74. The van der Waals surface area contributed by atoms with Crippen molar-refractivity contribution < 1.29 is 9.59 Å². The van der Waals surface area contributed by atoms with Gasteiger partial charge in [-0.05, 0) is 43.2 Å². The zero-order valence-electron chi connectivity index (χ0n) is 17.3. The zero-order valence-corrected chi connectivity index (χ0v) is 18.9. The predicted octanol–water partition coefficient (Wildman–Crippen LogP) is 4.09. The highest BCUT2D eigenvalue weighted by atomic mass is 32.2. The molecule has 1 aromatic carbocycles. The predicted molar refractivity (Wildman–Crippen MR) is 123 cm³/mol. The molecule has 160 valence electrons. The summed E-state index contributed by atoms with van der Waals surface area (Å²) in [6.07, 6.45) is 4.33. The molecule has 31 heavy (non-hydrogen) atoms. The number of anilines is 2. The molecule has 2 N–H and O–H groups in total. The van der Waals surface area contributed by atoms with E-state index < -0.39 is 0 Å². The summed E-state index contributed by atoms with van der Waals surface area (Å²) in [6.45, 7) is 4.65. The summed E-state index contributed by atoms with van der Waals surface area (Å²) in [5, 5.41) is 6.87. The fourth-order valence-corrected chi connectivity index (χ4v) is 5.34. The molecule has 3 aromatic rings. The first-order valence-corrected chi connectivity index (χ1v) is 11.6. The first-order chi connectivity index (χ1) is 15.0. The Labute approximate surface area is 189 Å². The van der Waals surface area contributed by atoms with E-state index in [0.717, 1.165) is 32.0 Å². The van der Waals surface area contributed by atoms with Crippen LogP contribution in [0.3, 0.4) is 0 Å². The largest absolute Gasteiger partial charge is 0.352 e. The normalized spacial score (nSPS) is 15.7. The van der Waals surface area contributed by atoms with Gasteiger partial charge in [0.1, 0.15) is 5.82 Å². The van der Waals surface area contributed by atoms with Crippen LogP contribution in [0.2, 0.25) is 0 Å². The van der Waals surface area contributed by atoms with E-state index in [1.165, 1.54) is 18.3 Å². The van der Waals surface area contributed by atoms with Crippen molar-refractivity contribution in [3.8, 4) is 0 Å². The zero-order chi connectivity index (χ0) is 21.8. The molecule has 4 rings (SSSR count). The van der Waals surface area contributed by atoms with Crippen molar-refractivity contribution in [1.82, 2.24) is 20.2 Å². The number of likely N-dealkylation sites (tertiary alicyclic amines) is 1. The number of aromatic nitrogens is 2. The second kappa shape index (κ2) is 9.49. The van der Waals surface area contributed by atoms with Crippen LogP contribution in [0.4, 0.5) is 10.9 Å². The topological polar surface area (TPSA) is 87.2 Å². The molecule has 2 amide bonds. The van der Waals surface area contributed by atoms with Gasteiger partial charge in [0.25, 0.3) is 5.91 Å². The summed E-state index contributed by atoms with van der Waals surface area (Å²) < 4.78 is 1.02. The molecule has 0 saturated carbocycles. The molecule has 3 heterocycles. The fourth-order valence-electron chi connectivity index (χ4n) is 3.44. The molecule has 1 saturated heterocycles. The Morgan fingerprint density at radius 2 is 2.10 bits per heavy atom. The van der Waals surface area contributed by atoms with Gasteiger partial charge in [0.15, 0.2) is 5.13 Å². The van der Waals surface area contributed by atoms with Gasteiger partial charge in [-0.1, -0.05) is 35.2 Å². The third-order valence-electron chi connectivity index (χ3n) is 4.93. The molecule has 0 bridgehead atoms. The SMILES string of the molecule is CC(=O)NC1CCN(C(=O)c2cc(Sc3cnc(Nc4ccccn4)s3)ccc2C)C1. The van der Waals surface area contributed by atoms with Crippen LogP contribution < -0.4 is 10.6 Å². The molecule has 1 atom stereocenters. The van der Waals surface area contributed by atoms with Gasteiger partial charge in [-0.15, -0.1) is 0 Å². The highest BCUT2D eigenvalue weighted by molar-refractivity contribution is 8.01. The molecule has 0 radical (unpaired) electrons. The molecular formula is C22H23N5O2S2. The lowest BCUT2D eigenvalue weighted by atomic mass is 10.1. The summed E-state index contributed by atoms with van der Waals surface area (Å²) in [5.74, 6) is 0.699. The molecule has 0 aliphatic carbocycles. The number of thiazole rings is 1. The third-order valence-corrected chi connectivity index (χ3v) is 6.93. The van der Waals surface area contributed by atoms with Crippen LogP contribution in [0.15, 0.2) is 57.9 Å². The van der Waals surface area contributed by atoms with Crippen LogP contribution in [0.5, 0.6) is 0 Å². The van der Waals surface area contributed by atoms with E-state index in [1.54, 1.807) is 18.0 Å². The first-order valence-electron chi connectivity index (χ1n) is 9.96. The average molecular weight is 454 g/mol. The first kappa shape index (κ1) is 21.3. The summed E-state index contributed by atoms with van der Waals surface area (Å²) in [7, 11) is 0. The van der Waals surface area contributed by atoms with Crippen molar-refractivity contribution >= 4 is 45.9 Å². The third kappa shape index (κ3) is 5.42. The number of benzene rings is 1. The van der Waals surface area contributed by atoms with Crippen LogP contribution in [0.1, 0.15) is 29.3 Å². The standard InChI is InChI=1S/C22H23N5O2S2/c1-14-6-7-17(11-18(14)21(29)27-10-8-16(13-27)25-15(2)28)30-20-12-24-22(31-20)26-19-5-3-4-9-23-19/h3-7,9,11-12,16H,8,10,13H2,1-2H3,(H,25,28)(H,23,24,26). The Balaban J connectivity index is 1.43. The molecule has 1 fully saturated rings. The highest BCUT2D eigenvalue weighted by Crippen LogP contribution is 2.35. The number of carbonyl (C=O) groups excluding carboxylic acids is 2. The molecule has 0 spiro atoms. The molecule has 7 nitrogen and oxygen atoms in total. The summed E-state index contributed by atoms with van der Waals surface area (Å²) in [4.78, 5) is 35.9. The van der Waals surface area contributed by atoms with E-state index in [2.05, 4.69) is 20.6 Å².